The predicted octanol–water partition coefficient (Wildman–Crippen LogP) is 3.62. The maximum Gasteiger partial charge on any atom is 0.273 e. The van der Waals surface area contributed by atoms with E-state index in [0.29, 0.717) is 0 Å². The van der Waals surface area contributed by atoms with Crippen molar-refractivity contribution in [3.8, 4) is 5.75 Å². The maximum absolute atomic E-state index is 12.3. The lowest BCUT2D eigenvalue weighted by Gasteiger charge is -2.17. The van der Waals surface area contributed by atoms with Crippen LogP contribution in [0.4, 0.5) is 11.4 Å². The number of aryl methyl sites for hydroxylation is 2. The number of nitrogens with one attached hydrogen (secondary N) is 1. The van der Waals surface area contributed by atoms with Crippen LogP contribution < -0.4 is 10.1 Å². The summed E-state index contributed by atoms with van der Waals surface area (Å²) >= 11 is 0. The molecule has 0 fully saturated rings. The molecule has 0 radical (unpaired) electrons. The summed E-state index contributed by atoms with van der Waals surface area (Å²) in [6, 6.07) is 11.5. The van der Waals surface area contributed by atoms with Crippen LogP contribution in [0.5, 0.6) is 5.75 Å². The largest absolute Gasteiger partial charge is 0.481 e. The van der Waals surface area contributed by atoms with Crippen LogP contribution in [-0.4, -0.2) is 16.9 Å². The van der Waals surface area contributed by atoms with Gasteiger partial charge in [-0.15, -0.1) is 0 Å². The summed E-state index contributed by atoms with van der Waals surface area (Å²) in [6.07, 6.45) is -0.781. The number of para-hydroxylation sites is 1. The first-order chi connectivity index (χ1) is 10.9. The van der Waals surface area contributed by atoms with E-state index in [1.165, 1.54) is 18.2 Å². The molecular formula is C17H18N2O4. The van der Waals surface area contributed by atoms with Crippen LogP contribution in [0, 0.1) is 24.0 Å². The normalized spacial score (nSPS) is 11.6. The van der Waals surface area contributed by atoms with Gasteiger partial charge in [-0.05, 0) is 38.0 Å². The molecule has 0 aliphatic heterocycles. The molecule has 0 aliphatic rings. The van der Waals surface area contributed by atoms with Crippen molar-refractivity contribution in [3.63, 3.8) is 0 Å². The minimum atomic E-state index is -0.781. The molecular weight excluding hydrogens is 296 g/mol. The van der Waals surface area contributed by atoms with Crippen LogP contribution in [0.2, 0.25) is 0 Å². The molecule has 0 aromatic heterocycles. The van der Waals surface area contributed by atoms with E-state index in [4.69, 9.17) is 4.74 Å². The molecule has 2 aromatic carbocycles. The molecule has 23 heavy (non-hydrogen) atoms. The van der Waals surface area contributed by atoms with Gasteiger partial charge in [-0.3, -0.25) is 14.9 Å². The Labute approximate surface area is 134 Å². The van der Waals surface area contributed by atoms with Crippen molar-refractivity contribution in [1.82, 2.24) is 0 Å². The number of rotatable bonds is 5. The lowest BCUT2D eigenvalue weighted by molar-refractivity contribution is -0.384. The molecule has 120 valence electrons. The predicted molar refractivity (Wildman–Crippen MR) is 87.7 cm³/mol. The number of nitro groups is 1. The maximum atomic E-state index is 12.3. The number of carbonyl (C=O) groups is 1. The second-order valence-corrected chi connectivity index (χ2v) is 5.27. The molecule has 6 heteroatoms. The number of carbonyl (C=O) groups excluding carboxylic acids is 1. The van der Waals surface area contributed by atoms with Gasteiger partial charge in [0.15, 0.2) is 6.10 Å². The van der Waals surface area contributed by atoms with Crippen molar-refractivity contribution < 1.29 is 14.5 Å². The SMILES string of the molecule is Cc1cccc(C)c1NC(=O)[C@@H](C)Oc1cccc([N+](=O)[O-])c1. The summed E-state index contributed by atoms with van der Waals surface area (Å²) in [6.45, 7) is 5.42. The number of hydrogen-bond acceptors (Lipinski definition) is 4. The van der Waals surface area contributed by atoms with Gasteiger partial charge in [-0.25, -0.2) is 0 Å². The third kappa shape index (κ3) is 4.06. The third-order valence-electron chi connectivity index (χ3n) is 3.44. The molecule has 0 saturated heterocycles. The van der Waals surface area contributed by atoms with Crippen LogP contribution in [0.3, 0.4) is 0 Å². The second-order valence-electron chi connectivity index (χ2n) is 5.27. The highest BCUT2D eigenvalue weighted by molar-refractivity contribution is 5.95. The molecule has 0 unspecified atom stereocenters. The number of nitro benzene ring substituents is 1. The van der Waals surface area contributed by atoms with E-state index < -0.39 is 11.0 Å². The van der Waals surface area contributed by atoms with Gasteiger partial charge in [-0.2, -0.15) is 0 Å². The summed E-state index contributed by atoms with van der Waals surface area (Å²) in [5.41, 5.74) is 2.60. The highest BCUT2D eigenvalue weighted by atomic mass is 16.6. The molecule has 1 amide bonds. The van der Waals surface area contributed by atoms with Crippen LogP contribution in [0.25, 0.3) is 0 Å². The monoisotopic (exact) mass is 314 g/mol. The number of hydrogen-bond donors (Lipinski definition) is 1. The van der Waals surface area contributed by atoms with Gasteiger partial charge in [0.2, 0.25) is 0 Å². The van der Waals surface area contributed by atoms with Crippen molar-refractivity contribution in [2.45, 2.75) is 26.9 Å². The fraction of sp³-hybridized carbons (Fsp3) is 0.235. The number of ether oxygens (including phenoxy) is 1. The number of anilines is 1. The first-order valence-electron chi connectivity index (χ1n) is 7.16. The van der Waals surface area contributed by atoms with Crippen molar-refractivity contribution >= 4 is 17.3 Å². The Balaban J connectivity index is 2.08. The zero-order valence-electron chi connectivity index (χ0n) is 13.2. The van der Waals surface area contributed by atoms with Crippen LogP contribution >= 0.6 is 0 Å². The molecule has 0 bridgehead atoms. The topological polar surface area (TPSA) is 81.5 Å². The van der Waals surface area contributed by atoms with Crippen molar-refractivity contribution in [2.75, 3.05) is 5.32 Å². The number of nitrogens with zero attached hydrogens (tertiary/aromatic N) is 1. The summed E-state index contributed by atoms with van der Waals surface area (Å²) in [4.78, 5) is 22.5. The van der Waals surface area contributed by atoms with Gasteiger partial charge in [0, 0.05) is 11.8 Å². The first-order valence-corrected chi connectivity index (χ1v) is 7.16. The Morgan fingerprint density at radius 1 is 1.17 bits per heavy atom. The fourth-order valence-electron chi connectivity index (χ4n) is 2.16. The molecule has 1 N–H and O–H groups in total. The van der Waals surface area contributed by atoms with Crippen molar-refractivity contribution in [2.24, 2.45) is 0 Å². The van der Waals surface area contributed by atoms with E-state index in [1.54, 1.807) is 13.0 Å². The van der Waals surface area contributed by atoms with Crippen LogP contribution in [0.15, 0.2) is 42.5 Å². The van der Waals surface area contributed by atoms with Gasteiger partial charge in [-0.1, -0.05) is 24.3 Å². The van der Waals surface area contributed by atoms with Crippen LogP contribution in [-0.2, 0) is 4.79 Å². The Kier molecular flexibility index (Phi) is 4.95. The second kappa shape index (κ2) is 6.91. The molecule has 0 saturated carbocycles. The van der Waals surface area contributed by atoms with Crippen molar-refractivity contribution in [3.05, 3.63) is 63.7 Å². The Hall–Kier alpha value is -2.89. The fourth-order valence-corrected chi connectivity index (χ4v) is 2.16. The zero-order chi connectivity index (χ0) is 17.0. The lowest BCUT2D eigenvalue weighted by atomic mass is 10.1. The van der Waals surface area contributed by atoms with Gasteiger partial charge in [0.25, 0.3) is 11.6 Å². The molecule has 6 nitrogen and oxygen atoms in total. The van der Waals surface area contributed by atoms with Gasteiger partial charge in [0.1, 0.15) is 5.75 Å². The van der Waals surface area contributed by atoms with E-state index >= 15 is 0 Å². The van der Waals surface area contributed by atoms with E-state index in [0.717, 1.165) is 16.8 Å². The standard InChI is InChI=1S/C17H18N2O4/c1-11-6-4-7-12(2)16(11)18-17(20)13(3)23-15-9-5-8-14(10-15)19(21)22/h4-10,13H,1-3H3,(H,18,20)/t13-/m1/s1. The molecule has 0 spiro atoms. The van der Waals surface area contributed by atoms with E-state index in [2.05, 4.69) is 5.32 Å². The van der Waals surface area contributed by atoms with Gasteiger partial charge >= 0.3 is 0 Å². The van der Waals surface area contributed by atoms with E-state index in [-0.39, 0.29) is 17.3 Å². The van der Waals surface area contributed by atoms with Crippen molar-refractivity contribution in [1.29, 1.82) is 0 Å². The average molecular weight is 314 g/mol. The quantitative estimate of drug-likeness (QED) is 0.675. The Morgan fingerprint density at radius 2 is 1.78 bits per heavy atom. The molecule has 1 atom stereocenters. The summed E-state index contributed by atoms with van der Waals surface area (Å²) < 4.78 is 5.50. The highest BCUT2D eigenvalue weighted by Gasteiger charge is 2.17. The summed E-state index contributed by atoms with van der Waals surface area (Å²) in [5, 5.41) is 13.6. The van der Waals surface area contributed by atoms with E-state index in [9.17, 15) is 14.9 Å². The first kappa shape index (κ1) is 16.5. The zero-order valence-corrected chi connectivity index (χ0v) is 13.2. The Morgan fingerprint density at radius 3 is 2.39 bits per heavy atom. The minimum Gasteiger partial charge on any atom is -0.481 e. The highest BCUT2D eigenvalue weighted by Crippen LogP contribution is 2.22. The van der Waals surface area contributed by atoms with Crippen LogP contribution in [0.1, 0.15) is 18.1 Å². The lowest BCUT2D eigenvalue weighted by Crippen LogP contribution is -2.30. The molecule has 2 rings (SSSR count). The average Bonchev–Trinajstić information content (AvgIpc) is 2.51. The van der Waals surface area contributed by atoms with E-state index in [1.807, 2.05) is 32.0 Å². The number of amides is 1. The summed E-state index contributed by atoms with van der Waals surface area (Å²) in [7, 11) is 0. The van der Waals surface area contributed by atoms with Gasteiger partial charge in [0.05, 0.1) is 11.0 Å². The Bertz CT molecular complexity index is 723. The number of benzene rings is 2. The summed E-state index contributed by atoms with van der Waals surface area (Å²) in [5.74, 6) is -0.0303. The molecule has 0 heterocycles. The smallest absolute Gasteiger partial charge is 0.273 e. The minimum absolute atomic E-state index is 0.0788. The third-order valence-corrected chi connectivity index (χ3v) is 3.44. The molecule has 0 aliphatic carbocycles. The number of non-ortho nitro benzene ring substituents is 1. The van der Waals surface area contributed by atoms with Gasteiger partial charge < -0.3 is 10.1 Å². The molecule has 2 aromatic rings.